The number of anilines is 3. The van der Waals surface area contributed by atoms with Crippen molar-refractivity contribution in [1.29, 1.82) is 0 Å². The standard InChI is InChI=1S/C20H29N7O/c1-6-8-11-27-18-17(15(25-27)13-28-5)23-20(26(4)7-2)24-19(18)22-16-12-14(3)9-10-21-16/h9-10,12H,6-8,11,13H2,1-5H3,(H,21,22,23,24). The number of aromatic nitrogens is 5. The maximum absolute atomic E-state index is 5.37. The zero-order valence-corrected chi connectivity index (χ0v) is 17.4. The third-order valence-electron chi connectivity index (χ3n) is 4.63. The Morgan fingerprint density at radius 2 is 2.07 bits per heavy atom. The molecule has 8 nitrogen and oxygen atoms in total. The van der Waals surface area contributed by atoms with Crippen molar-refractivity contribution in [2.75, 3.05) is 30.9 Å². The number of ether oxygens (including phenoxy) is 1. The molecule has 3 heterocycles. The maximum atomic E-state index is 5.37. The fraction of sp³-hybridized carbons (Fsp3) is 0.500. The van der Waals surface area contributed by atoms with Crippen LogP contribution in [0.25, 0.3) is 11.0 Å². The van der Waals surface area contributed by atoms with Crippen molar-refractivity contribution < 1.29 is 4.74 Å². The number of unbranched alkanes of at least 4 members (excludes halogenated alkanes) is 1. The van der Waals surface area contributed by atoms with Gasteiger partial charge in [-0.15, -0.1) is 0 Å². The van der Waals surface area contributed by atoms with Crippen LogP contribution in [0.2, 0.25) is 0 Å². The highest BCUT2D eigenvalue weighted by Gasteiger charge is 2.20. The Balaban J connectivity index is 2.18. The van der Waals surface area contributed by atoms with Crippen molar-refractivity contribution in [3.8, 4) is 0 Å². The van der Waals surface area contributed by atoms with Crippen LogP contribution in [0.3, 0.4) is 0 Å². The molecule has 0 spiro atoms. The number of hydrogen-bond acceptors (Lipinski definition) is 7. The molecule has 0 fully saturated rings. The van der Waals surface area contributed by atoms with E-state index in [-0.39, 0.29) is 0 Å². The number of rotatable bonds is 9. The molecule has 150 valence electrons. The minimum absolute atomic E-state index is 0.407. The predicted octanol–water partition coefficient (Wildman–Crippen LogP) is 3.68. The lowest BCUT2D eigenvalue weighted by atomic mass is 10.3. The average Bonchev–Trinajstić information content (AvgIpc) is 3.04. The van der Waals surface area contributed by atoms with Gasteiger partial charge in [-0.1, -0.05) is 13.3 Å². The summed E-state index contributed by atoms with van der Waals surface area (Å²) in [6.45, 7) is 8.30. The number of nitrogens with one attached hydrogen (secondary N) is 1. The fourth-order valence-electron chi connectivity index (χ4n) is 2.96. The van der Waals surface area contributed by atoms with E-state index in [0.29, 0.717) is 18.4 Å². The number of methoxy groups -OCH3 is 1. The van der Waals surface area contributed by atoms with E-state index in [1.165, 1.54) is 0 Å². The fourth-order valence-corrected chi connectivity index (χ4v) is 2.96. The van der Waals surface area contributed by atoms with Crippen LogP contribution in [0.4, 0.5) is 17.6 Å². The smallest absolute Gasteiger partial charge is 0.227 e. The minimum atomic E-state index is 0.407. The lowest BCUT2D eigenvalue weighted by Crippen LogP contribution is -2.19. The molecule has 0 unspecified atom stereocenters. The van der Waals surface area contributed by atoms with Crippen LogP contribution in [0.15, 0.2) is 18.3 Å². The lowest BCUT2D eigenvalue weighted by molar-refractivity contribution is 0.181. The first-order chi connectivity index (χ1) is 13.6. The Bertz CT molecular complexity index is 938. The van der Waals surface area contributed by atoms with Crippen molar-refractivity contribution in [1.82, 2.24) is 24.7 Å². The van der Waals surface area contributed by atoms with Gasteiger partial charge in [-0.05, 0) is 38.0 Å². The molecule has 0 saturated heterocycles. The Morgan fingerprint density at radius 3 is 2.75 bits per heavy atom. The second kappa shape index (κ2) is 8.97. The molecule has 0 bridgehead atoms. The van der Waals surface area contributed by atoms with E-state index in [1.54, 1.807) is 13.3 Å². The Labute approximate surface area is 166 Å². The van der Waals surface area contributed by atoms with E-state index >= 15 is 0 Å². The first-order valence-corrected chi connectivity index (χ1v) is 9.74. The zero-order valence-electron chi connectivity index (χ0n) is 17.4. The van der Waals surface area contributed by atoms with Crippen molar-refractivity contribution in [3.63, 3.8) is 0 Å². The van der Waals surface area contributed by atoms with Crippen LogP contribution in [0.1, 0.15) is 37.9 Å². The molecule has 0 radical (unpaired) electrons. The molecule has 3 aromatic heterocycles. The van der Waals surface area contributed by atoms with E-state index in [4.69, 9.17) is 19.8 Å². The van der Waals surface area contributed by atoms with Crippen molar-refractivity contribution >= 4 is 28.6 Å². The summed E-state index contributed by atoms with van der Waals surface area (Å²) in [6.07, 6.45) is 3.91. The molecule has 3 aromatic rings. The molecule has 0 saturated carbocycles. The number of fused-ring (bicyclic) bond motifs is 1. The second-order valence-corrected chi connectivity index (χ2v) is 6.88. The van der Waals surface area contributed by atoms with Crippen molar-refractivity contribution in [2.24, 2.45) is 0 Å². The first-order valence-electron chi connectivity index (χ1n) is 9.74. The highest BCUT2D eigenvalue weighted by Crippen LogP contribution is 2.29. The van der Waals surface area contributed by atoms with Crippen LogP contribution in [0, 0.1) is 6.92 Å². The van der Waals surface area contributed by atoms with Gasteiger partial charge in [-0.2, -0.15) is 10.1 Å². The monoisotopic (exact) mass is 383 g/mol. The van der Waals surface area contributed by atoms with Crippen LogP contribution in [0.5, 0.6) is 0 Å². The molecule has 8 heteroatoms. The molecule has 0 amide bonds. The molecule has 28 heavy (non-hydrogen) atoms. The molecular weight excluding hydrogens is 354 g/mol. The number of hydrogen-bond donors (Lipinski definition) is 1. The molecule has 0 aromatic carbocycles. The van der Waals surface area contributed by atoms with Crippen LogP contribution < -0.4 is 10.2 Å². The largest absolute Gasteiger partial charge is 0.378 e. The van der Waals surface area contributed by atoms with Gasteiger partial charge >= 0.3 is 0 Å². The van der Waals surface area contributed by atoms with Gasteiger partial charge in [0.25, 0.3) is 0 Å². The van der Waals surface area contributed by atoms with Gasteiger partial charge in [0.1, 0.15) is 22.5 Å². The van der Waals surface area contributed by atoms with Crippen molar-refractivity contribution in [3.05, 3.63) is 29.6 Å². The number of aryl methyl sites for hydroxylation is 2. The first kappa shape index (κ1) is 20.0. The highest BCUT2D eigenvalue weighted by atomic mass is 16.5. The normalized spacial score (nSPS) is 11.2. The van der Waals surface area contributed by atoms with Gasteiger partial charge < -0.3 is 15.0 Å². The third kappa shape index (κ3) is 4.22. The maximum Gasteiger partial charge on any atom is 0.227 e. The number of nitrogens with zero attached hydrogens (tertiary/aromatic N) is 6. The topological polar surface area (TPSA) is 81.0 Å². The molecule has 3 rings (SSSR count). The van der Waals surface area contributed by atoms with Gasteiger partial charge in [-0.25, -0.2) is 9.97 Å². The number of pyridine rings is 1. The van der Waals surface area contributed by atoms with E-state index in [9.17, 15) is 0 Å². The van der Waals surface area contributed by atoms with Crippen LogP contribution >= 0.6 is 0 Å². The predicted molar refractivity (Wildman–Crippen MR) is 112 cm³/mol. The molecule has 0 aliphatic rings. The Hall–Kier alpha value is -2.74. The molecule has 0 atom stereocenters. The van der Waals surface area contributed by atoms with Gasteiger partial charge in [0.15, 0.2) is 5.82 Å². The molecule has 0 aliphatic carbocycles. The van der Waals surface area contributed by atoms with Crippen LogP contribution in [-0.4, -0.2) is 45.4 Å². The third-order valence-corrected chi connectivity index (χ3v) is 4.63. The highest BCUT2D eigenvalue weighted by molar-refractivity contribution is 5.90. The van der Waals surface area contributed by atoms with Gasteiger partial charge in [-0.3, -0.25) is 4.68 Å². The Morgan fingerprint density at radius 1 is 1.25 bits per heavy atom. The summed E-state index contributed by atoms with van der Waals surface area (Å²) in [4.78, 5) is 16.0. The van der Waals surface area contributed by atoms with E-state index in [0.717, 1.165) is 54.0 Å². The van der Waals surface area contributed by atoms with Crippen LogP contribution in [-0.2, 0) is 17.9 Å². The minimum Gasteiger partial charge on any atom is -0.378 e. The van der Waals surface area contributed by atoms with Gasteiger partial charge in [0.05, 0.1) is 6.61 Å². The summed E-state index contributed by atoms with van der Waals surface area (Å²) < 4.78 is 7.36. The summed E-state index contributed by atoms with van der Waals surface area (Å²) in [5, 5.41) is 8.16. The zero-order chi connectivity index (χ0) is 20.1. The summed E-state index contributed by atoms with van der Waals surface area (Å²) >= 11 is 0. The average molecular weight is 384 g/mol. The van der Waals surface area contributed by atoms with Crippen molar-refractivity contribution in [2.45, 2.75) is 46.8 Å². The van der Waals surface area contributed by atoms with E-state index in [1.807, 2.05) is 35.7 Å². The summed E-state index contributed by atoms with van der Waals surface area (Å²) in [5.41, 5.74) is 3.66. The summed E-state index contributed by atoms with van der Waals surface area (Å²) in [5.74, 6) is 2.11. The molecular formula is C20H29N7O. The summed E-state index contributed by atoms with van der Waals surface area (Å²) in [6, 6.07) is 3.97. The molecule has 1 N–H and O–H groups in total. The molecule has 0 aliphatic heterocycles. The summed E-state index contributed by atoms with van der Waals surface area (Å²) in [7, 11) is 3.65. The second-order valence-electron chi connectivity index (χ2n) is 6.88. The Kier molecular flexibility index (Phi) is 6.41. The SMILES string of the molecule is CCCCn1nc(COC)c2nc(N(C)CC)nc(Nc3cc(C)ccn3)c21. The quantitative estimate of drug-likeness (QED) is 0.604. The van der Waals surface area contributed by atoms with Gasteiger partial charge in [0.2, 0.25) is 5.95 Å². The van der Waals surface area contributed by atoms with Gasteiger partial charge in [0, 0.05) is 33.4 Å². The van der Waals surface area contributed by atoms with E-state index in [2.05, 4.69) is 24.1 Å². The van der Waals surface area contributed by atoms with E-state index < -0.39 is 0 Å². The lowest BCUT2D eigenvalue weighted by Gasteiger charge is -2.17.